The van der Waals surface area contributed by atoms with Gasteiger partial charge in [0.15, 0.2) is 0 Å². The van der Waals surface area contributed by atoms with Crippen LogP contribution in [0.2, 0.25) is 5.02 Å². The molecule has 146 valence electrons. The Hall–Kier alpha value is -3.25. The third kappa shape index (κ3) is 3.84. The first-order valence-electron chi connectivity index (χ1n) is 9.02. The number of nitrogens with one attached hydrogen (secondary N) is 1. The lowest BCUT2D eigenvalue weighted by molar-refractivity contribution is 0.380. The molecule has 0 aliphatic carbocycles. The van der Waals surface area contributed by atoms with E-state index in [4.69, 9.17) is 16.3 Å². The van der Waals surface area contributed by atoms with Crippen molar-refractivity contribution in [1.82, 2.24) is 15.0 Å². The molecule has 5 nitrogen and oxygen atoms in total. The molecule has 1 N–H and O–H groups in total. The molecule has 0 aliphatic rings. The van der Waals surface area contributed by atoms with E-state index >= 15 is 0 Å². The normalized spacial score (nSPS) is 12.0. The summed E-state index contributed by atoms with van der Waals surface area (Å²) in [6, 6.07) is 12.6. The van der Waals surface area contributed by atoms with Gasteiger partial charge in [0.2, 0.25) is 0 Å². The van der Waals surface area contributed by atoms with E-state index in [0.29, 0.717) is 10.6 Å². The topological polar surface area (TPSA) is 59.9 Å². The van der Waals surface area contributed by atoms with Gasteiger partial charge in [-0.15, -0.1) is 0 Å². The Kier molecular flexibility index (Phi) is 5.27. The van der Waals surface area contributed by atoms with Gasteiger partial charge in [-0.3, -0.25) is 4.98 Å². The van der Waals surface area contributed by atoms with E-state index in [9.17, 15) is 4.39 Å². The van der Waals surface area contributed by atoms with Crippen molar-refractivity contribution >= 4 is 28.2 Å². The second-order valence-electron chi connectivity index (χ2n) is 6.56. The standard InChI is InChI=1S/C22H18ClFN4O/c1-13(28-21-16-5-3-4-6-20(16)25-12-18(21)23)17-9-14(7-8-19(17)24)15-10-26-22(29-2)27-11-15/h3-13H,1-2H3,(H,25,28)/t13-/m1/s1. The predicted octanol–water partition coefficient (Wildman–Crippen LogP) is 5.67. The zero-order valence-electron chi connectivity index (χ0n) is 15.9. The highest BCUT2D eigenvalue weighted by Gasteiger charge is 2.16. The number of aromatic nitrogens is 3. The number of pyridine rings is 1. The van der Waals surface area contributed by atoms with Crippen LogP contribution in [0.25, 0.3) is 22.0 Å². The molecule has 4 rings (SSSR count). The third-order valence-corrected chi connectivity index (χ3v) is 4.98. The zero-order valence-corrected chi connectivity index (χ0v) is 16.6. The highest BCUT2D eigenvalue weighted by atomic mass is 35.5. The quantitative estimate of drug-likeness (QED) is 0.461. The summed E-state index contributed by atoms with van der Waals surface area (Å²) >= 11 is 6.38. The maximum absolute atomic E-state index is 14.6. The van der Waals surface area contributed by atoms with Gasteiger partial charge < -0.3 is 10.1 Å². The molecular formula is C22H18ClFN4O. The van der Waals surface area contributed by atoms with Gasteiger partial charge in [-0.2, -0.15) is 0 Å². The number of benzene rings is 2. The van der Waals surface area contributed by atoms with Gasteiger partial charge in [0.25, 0.3) is 0 Å². The molecule has 0 saturated heterocycles. The summed E-state index contributed by atoms with van der Waals surface area (Å²) < 4.78 is 19.6. The van der Waals surface area contributed by atoms with Crippen LogP contribution in [0, 0.1) is 5.82 Å². The van der Waals surface area contributed by atoms with Crippen LogP contribution in [0.5, 0.6) is 6.01 Å². The SMILES string of the molecule is COc1ncc(-c2ccc(F)c([C@@H](C)Nc3c(Cl)cnc4ccccc34)c2)cn1. The summed E-state index contributed by atoms with van der Waals surface area (Å²) in [7, 11) is 1.51. The Morgan fingerprint density at radius 2 is 1.76 bits per heavy atom. The summed E-state index contributed by atoms with van der Waals surface area (Å²) in [5.41, 5.74) is 3.63. The van der Waals surface area contributed by atoms with Gasteiger partial charge in [0.1, 0.15) is 5.82 Å². The molecule has 1 atom stereocenters. The molecular weight excluding hydrogens is 391 g/mol. The number of ether oxygens (including phenoxy) is 1. The van der Waals surface area contributed by atoms with Crippen molar-refractivity contribution in [1.29, 1.82) is 0 Å². The van der Waals surface area contributed by atoms with Crippen LogP contribution in [0.1, 0.15) is 18.5 Å². The van der Waals surface area contributed by atoms with Crippen LogP contribution >= 0.6 is 11.6 Å². The molecule has 2 heterocycles. The Balaban J connectivity index is 1.69. The van der Waals surface area contributed by atoms with E-state index in [1.54, 1.807) is 30.7 Å². The van der Waals surface area contributed by atoms with Crippen LogP contribution < -0.4 is 10.1 Å². The van der Waals surface area contributed by atoms with Crippen molar-refractivity contribution in [2.75, 3.05) is 12.4 Å². The molecule has 0 saturated carbocycles. The molecule has 0 fully saturated rings. The second-order valence-corrected chi connectivity index (χ2v) is 6.97. The van der Waals surface area contributed by atoms with Crippen molar-refractivity contribution in [2.24, 2.45) is 0 Å². The minimum atomic E-state index is -0.336. The highest BCUT2D eigenvalue weighted by molar-refractivity contribution is 6.34. The van der Waals surface area contributed by atoms with Crippen LogP contribution in [0.15, 0.2) is 61.1 Å². The number of halogens is 2. The summed E-state index contributed by atoms with van der Waals surface area (Å²) in [6.07, 6.45) is 4.89. The van der Waals surface area contributed by atoms with Crippen molar-refractivity contribution in [2.45, 2.75) is 13.0 Å². The number of hydrogen-bond donors (Lipinski definition) is 1. The maximum atomic E-state index is 14.6. The van der Waals surface area contributed by atoms with E-state index in [-0.39, 0.29) is 17.9 Å². The maximum Gasteiger partial charge on any atom is 0.316 e. The Labute approximate surface area is 172 Å². The zero-order chi connectivity index (χ0) is 20.4. The van der Waals surface area contributed by atoms with Crippen LogP contribution in [0.3, 0.4) is 0 Å². The van der Waals surface area contributed by atoms with Crippen molar-refractivity contribution < 1.29 is 9.13 Å². The van der Waals surface area contributed by atoms with E-state index in [1.807, 2.05) is 31.2 Å². The van der Waals surface area contributed by atoms with Crippen LogP contribution in [-0.4, -0.2) is 22.1 Å². The fourth-order valence-electron chi connectivity index (χ4n) is 3.18. The number of anilines is 1. The highest BCUT2D eigenvalue weighted by Crippen LogP contribution is 2.34. The Morgan fingerprint density at radius 3 is 2.52 bits per heavy atom. The first-order chi connectivity index (χ1) is 14.1. The Bertz CT molecular complexity index is 1170. The first kappa shape index (κ1) is 19.1. The van der Waals surface area contributed by atoms with Gasteiger partial charge in [0.05, 0.1) is 29.4 Å². The molecule has 2 aromatic heterocycles. The van der Waals surface area contributed by atoms with E-state index in [1.165, 1.54) is 13.2 Å². The van der Waals surface area contributed by atoms with Gasteiger partial charge in [-0.1, -0.05) is 35.9 Å². The second kappa shape index (κ2) is 8.01. The number of methoxy groups -OCH3 is 1. The molecule has 0 spiro atoms. The molecule has 29 heavy (non-hydrogen) atoms. The summed E-state index contributed by atoms with van der Waals surface area (Å²) in [5.74, 6) is -0.308. The summed E-state index contributed by atoms with van der Waals surface area (Å²) in [6.45, 7) is 1.89. The Morgan fingerprint density at radius 1 is 1.00 bits per heavy atom. The number of nitrogens with zero attached hydrogens (tertiary/aromatic N) is 3. The number of fused-ring (bicyclic) bond motifs is 1. The average molecular weight is 409 g/mol. The number of rotatable bonds is 5. The lowest BCUT2D eigenvalue weighted by atomic mass is 10.0. The van der Waals surface area contributed by atoms with Crippen molar-refractivity contribution in [3.8, 4) is 17.1 Å². The first-order valence-corrected chi connectivity index (χ1v) is 9.40. The largest absolute Gasteiger partial charge is 0.467 e. The molecule has 2 aromatic carbocycles. The van der Waals surface area contributed by atoms with Crippen molar-refractivity contribution in [3.63, 3.8) is 0 Å². The van der Waals surface area contributed by atoms with E-state index < -0.39 is 0 Å². The van der Waals surface area contributed by atoms with Crippen molar-refractivity contribution in [3.05, 3.63) is 77.5 Å². The monoisotopic (exact) mass is 408 g/mol. The van der Waals surface area contributed by atoms with E-state index in [2.05, 4.69) is 20.3 Å². The molecule has 0 unspecified atom stereocenters. The molecule has 0 aliphatic heterocycles. The summed E-state index contributed by atoms with van der Waals surface area (Å²) in [5, 5.41) is 4.71. The molecule has 0 amide bonds. The summed E-state index contributed by atoms with van der Waals surface area (Å²) in [4.78, 5) is 12.6. The van der Waals surface area contributed by atoms with Crippen LogP contribution in [-0.2, 0) is 0 Å². The predicted molar refractivity (Wildman–Crippen MR) is 113 cm³/mol. The van der Waals surface area contributed by atoms with Gasteiger partial charge in [-0.05, 0) is 30.7 Å². The van der Waals surface area contributed by atoms with Gasteiger partial charge in [0, 0.05) is 35.1 Å². The average Bonchev–Trinajstić information content (AvgIpc) is 2.76. The van der Waals surface area contributed by atoms with Gasteiger partial charge >= 0.3 is 6.01 Å². The lowest BCUT2D eigenvalue weighted by Gasteiger charge is -2.19. The third-order valence-electron chi connectivity index (χ3n) is 4.70. The smallest absolute Gasteiger partial charge is 0.316 e. The molecule has 7 heteroatoms. The molecule has 4 aromatic rings. The number of hydrogen-bond acceptors (Lipinski definition) is 5. The lowest BCUT2D eigenvalue weighted by Crippen LogP contribution is -2.10. The minimum absolute atomic E-state index is 0.283. The van der Waals surface area contributed by atoms with E-state index in [0.717, 1.165) is 27.7 Å². The fourth-order valence-corrected chi connectivity index (χ4v) is 3.39. The molecule has 0 bridgehead atoms. The number of para-hydroxylation sites is 1. The minimum Gasteiger partial charge on any atom is -0.467 e. The van der Waals surface area contributed by atoms with Crippen LogP contribution in [0.4, 0.5) is 10.1 Å². The molecule has 0 radical (unpaired) electrons. The van der Waals surface area contributed by atoms with Gasteiger partial charge in [-0.25, -0.2) is 14.4 Å². The fraction of sp³-hybridized carbons (Fsp3) is 0.136.